The first-order valence-electron chi connectivity index (χ1n) is 7.86. The summed E-state index contributed by atoms with van der Waals surface area (Å²) in [4.78, 5) is 12.2. The van der Waals surface area contributed by atoms with E-state index in [4.69, 9.17) is 0 Å². The molecule has 0 spiro atoms. The van der Waals surface area contributed by atoms with Crippen LogP contribution < -0.4 is 10.0 Å². The van der Waals surface area contributed by atoms with E-state index in [1.165, 1.54) is 6.07 Å². The molecule has 7 nitrogen and oxygen atoms in total. The van der Waals surface area contributed by atoms with Crippen LogP contribution in [-0.2, 0) is 14.8 Å². The maximum absolute atomic E-state index is 12.5. The zero-order valence-electron chi connectivity index (χ0n) is 14.5. The molecule has 0 aliphatic rings. The summed E-state index contributed by atoms with van der Waals surface area (Å²) in [7, 11) is -3.88. The van der Waals surface area contributed by atoms with Gasteiger partial charge in [-0.25, -0.2) is 13.1 Å². The van der Waals surface area contributed by atoms with Gasteiger partial charge in [0.25, 0.3) is 0 Å². The number of hydrogen-bond donors (Lipinski definition) is 2. The summed E-state index contributed by atoms with van der Waals surface area (Å²) in [6.07, 6.45) is 0. The molecule has 0 fully saturated rings. The van der Waals surface area contributed by atoms with Gasteiger partial charge >= 0.3 is 0 Å². The van der Waals surface area contributed by atoms with Gasteiger partial charge in [-0.3, -0.25) is 4.79 Å². The third-order valence-corrected chi connectivity index (χ3v) is 5.88. The van der Waals surface area contributed by atoms with Gasteiger partial charge in [0.05, 0.1) is 18.3 Å². The molecule has 9 heteroatoms. The lowest BCUT2D eigenvalue weighted by Crippen LogP contribution is -2.33. The van der Waals surface area contributed by atoms with Crippen molar-refractivity contribution in [2.75, 3.05) is 11.9 Å². The Balaban J connectivity index is 1.74. The maximum Gasteiger partial charge on any atom is 0.243 e. The number of nitrogens with one attached hydrogen (secondary N) is 2. The van der Waals surface area contributed by atoms with Gasteiger partial charge in [-0.15, -0.1) is 0 Å². The predicted molar refractivity (Wildman–Crippen MR) is 102 cm³/mol. The zero-order valence-corrected chi connectivity index (χ0v) is 16.2. The van der Waals surface area contributed by atoms with Crippen LogP contribution in [0.25, 0.3) is 11.0 Å². The molecule has 0 saturated carbocycles. The molecule has 136 valence electrons. The second kappa shape index (κ2) is 7.10. The van der Waals surface area contributed by atoms with Crippen LogP contribution in [0.1, 0.15) is 16.7 Å². The van der Waals surface area contributed by atoms with Gasteiger partial charge in [0, 0.05) is 5.69 Å². The molecule has 0 radical (unpaired) electrons. The van der Waals surface area contributed by atoms with Crippen LogP contribution in [0.4, 0.5) is 5.69 Å². The molecule has 3 aromatic rings. The van der Waals surface area contributed by atoms with E-state index in [-0.39, 0.29) is 11.4 Å². The van der Waals surface area contributed by atoms with E-state index in [1.54, 1.807) is 12.1 Å². The van der Waals surface area contributed by atoms with E-state index >= 15 is 0 Å². The summed E-state index contributed by atoms with van der Waals surface area (Å²) in [5.74, 6) is -0.438. The van der Waals surface area contributed by atoms with Crippen LogP contribution in [0.15, 0.2) is 35.2 Å². The van der Waals surface area contributed by atoms with Crippen molar-refractivity contribution in [2.24, 2.45) is 0 Å². The van der Waals surface area contributed by atoms with Crippen LogP contribution in [-0.4, -0.2) is 29.6 Å². The molecule has 2 N–H and O–H groups in total. The smallest absolute Gasteiger partial charge is 0.243 e. The highest BCUT2D eigenvalue weighted by Crippen LogP contribution is 2.22. The van der Waals surface area contributed by atoms with E-state index in [9.17, 15) is 13.2 Å². The number of benzene rings is 2. The van der Waals surface area contributed by atoms with Crippen molar-refractivity contribution >= 4 is 44.4 Å². The molecule has 3 rings (SSSR count). The topological polar surface area (TPSA) is 101 Å². The first kappa shape index (κ1) is 18.4. The Hall–Kier alpha value is -2.36. The largest absolute Gasteiger partial charge is 0.324 e. The van der Waals surface area contributed by atoms with E-state index < -0.39 is 15.9 Å². The van der Waals surface area contributed by atoms with Gasteiger partial charge in [-0.2, -0.15) is 8.75 Å². The number of aromatic nitrogens is 2. The summed E-state index contributed by atoms with van der Waals surface area (Å²) in [5, 5.41) is 2.77. The monoisotopic (exact) mass is 390 g/mol. The third kappa shape index (κ3) is 3.74. The lowest BCUT2D eigenvalue weighted by molar-refractivity contribution is -0.115. The van der Waals surface area contributed by atoms with Crippen LogP contribution in [0.5, 0.6) is 0 Å². The minimum Gasteiger partial charge on any atom is -0.324 e. The number of nitrogens with zero attached hydrogens (tertiary/aromatic N) is 2. The lowest BCUT2D eigenvalue weighted by Gasteiger charge is -2.13. The Morgan fingerprint density at radius 1 is 1.12 bits per heavy atom. The summed E-state index contributed by atoms with van der Waals surface area (Å²) in [6.45, 7) is 5.40. The number of rotatable bonds is 5. The van der Waals surface area contributed by atoms with Crippen molar-refractivity contribution in [2.45, 2.75) is 25.7 Å². The average molecular weight is 390 g/mol. The van der Waals surface area contributed by atoms with Crippen molar-refractivity contribution in [1.82, 2.24) is 13.5 Å². The van der Waals surface area contributed by atoms with Gasteiger partial charge in [-0.05, 0) is 44.0 Å². The van der Waals surface area contributed by atoms with Gasteiger partial charge in [0.1, 0.15) is 15.9 Å². The van der Waals surface area contributed by atoms with Crippen molar-refractivity contribution < 1.29 is 13.2 Å². The van der Waals surface area contributed by atoms with Crippen molar-refractivity contribution in [1.29, 1.82) is 0 Å². The van der Waals surface area contributed by atoms with Crippen LogP contribution >= 0.6 is 11.7 Å². The zero-order chi connectivity index (χ0) is 18.9. The molecule has 0 atom stereocenters. The average Bonchev–Trinajstić information content (AvgIpc) is 3.04. The summed E-state index contributed by atoms with van der Waals surface area (Å²) < 4.78 is 35.4. The molecule has 1 heterocycles. The third-order valence-electron chi connectivity index (χ3n) is 3.90. The molecular weight excluding hydrogens is 372 g/mol. The summed E-state index contributed by atoms with van der Waals surface area (Å²) in [5.41, 5.74) is 4.46. The fraction of sp³-hybridized carbons (Fsp3) is 0.235. The fourth-order valence-corrected chi connectivity index (χ4v) is 4.54. The van der Waals surface area contributed by atoms with Crippen molar-refractivity contribution in [3.63, 3.8) is 0 Å². The molecule has 26 heavy (non-hydrogen) atoms. The number of fused-ring (bicyclic) bond motifs is 1. The van der Waals surface area contributed by atoms with E-state index in [1.807, 2.05) is 32.9 Å². The molecule has 0 aliphatic carbocycles. The highest BCUT2D eigenvalue weighted by atomic mass is 32.2. The summed E-state index contributed by atoms with van der Waals surface area (Å²) in [6, 6.07) is 8.65. The number of carbonyl (C=O) groups excluding carboxylic acids is 1. The molecule has 0 bridgehead atoms. The number of aryl methyl sites for hydroxylation is 3. The number of anilines is 1. The first-order valence-corrected chi connectivity index (χ1v) is 10.1. The maximum atomic E-state index is 12.5. The highest BCUT2D eigenvalue weighted by molar-refractivity contribution is 7.89. The molecular formula is C17H18N4O3S2. The van der Waals surface area contributed by atoms with Gasteiger partial charge < -0.3 is 5.32 Å². The lowest BCUT2D eigenvalue weighted by atomic mass is 10.1. The number of sulfonamides is 1. The summed E-state index contributed by atoms with van der Waals surface area (Å²) >= 11 is 0.942. The van der Waals surface area contributed by atoms with Crippen molar-refractivity contribution in [3.05, 3.63) is 47.0 Å². The van der Waals surface area contributed by atoms with Crippen LogP contribution in [0.2, 0.25) is 0 Å². The first-order chi connectivity index (χ1) is 12.3. The molecule has 2 aromatic carbocycles. The standard InChI is InChI=1S/C17H18N4O3S2/c1-10-7-11(2)16(12(3)8-10)19-15(22)9-18-26(23,24)14-6-4-5-13-17(14)21-25-20-13/h4-8,18H,9H2,1-3H3,(H,19,22). The van der Waals surface area contributed by atoms with E-state index in [0.29, 0.717) is 16.7 Å². The Morgan fingerprint density at radius 2 is 1.81 bits per heavy atom. The SMILES string of the molecule is Cc1cc(C)c(NC(=O)CNS(=O)(=O)c2cccc3nsnc23)c(C)c1. The fourth-order valence-electron chi connectivity index (χ4n) is 2.80. The highest BCUT2D eigenvalue weighted by Gasteiger charge is 2.20. The number of hydrogen-bond acceptors (Lipinski definition) is 6. The molecule has 0 aliphatic heterocycles. The van der Waals surface area contributed by atoms with Crippen LogP contribution in [0, 0.1) is 20.8 Å². The number of amides is 1. The Kier molecular flexibility index (Phi) is 5.03. The quantitative estimate of drug-likeness (QED) is 0.697. The Bertz CT molecular complexity index is 1070. The van der Waals surface area contributed by atoms with Gasteiger partial charge in [-0.1, -0.05) is 23.8 Å². The molecule has 0 unspecified atom stereocenters. The minimum atomic E-state index is -3.88. The Morgan fingerprint density at radius 3 is 2.50 bits per heavy atom. The van der Waals surface area contributed by atoms with Crippen molar-refractivity contribution in [3.8, 4) is 0 Å². The molecule has 0 saturated heterocycles. The van der Waals surface area contributed by atoms with E-state index in [0.717, 1.165) is 28.4 Å². The van der Waals surface area contributed by atoms with Gasteiger partial charge in [0.15, 0.2) is 0 Å². The van der Waals surface area contributed by atoms with Crippen LogP contribution in [0.3, 0.4) is 0 Å². The number of carbonyl (C=O) groups is 1. The second-order valence-corrected chi connectivity index (χ2v) is 8.30. The van der Waals surface area contributed by atoms with E-state index in [2.05, 4.69) is 18.8 Å². The minimum absolute atomic E-state index is 0.0132. The molecule has 1 aromatic heterocycles. The second-order valence-electron chi connectivity index (χ2n) is 6.03. The van der Waals surface area contributed by atoms with Gasteiger partial charge in [0.2, 0.25) is 15.9 Å². The normalized spacial score (nSPS) is 11.7. The predicted octanol–water partition coefficient (Wildman–Crippen LogP) is 2.53. The molecule has 1 amide bonds. The Labute approximate surface area is 155 Å².